The molecule has 5 aromatic rings. The highest BCUT2D eigenvalue weighted by molar-refractivity contribution is 7.71. The second-order valence-electron chi connectivity index (χ2n) is 8.39. The van der Waals surface area contributed by atoms with Gasteiger partial charge >= 0.3 is 0 Å². The van der Waals surface area contributed by atoms with E-state index in [1.54, 1.807) is 7.11 Å². The molecule has 0 fully saturated rings. The maximum atomic E-state index is 13.8. The summed E-state index contributed by atoms with van der Waals surface area (Å²) in [5.74, 6) is 0.501. The van der Waals surface area contributed by atoms with Gasteiger partial charge in [0, 0.05) is 10.9 Å². The van der Waals surface area contributed by atoms with Crippen LogP contribution in [0.4, 0.5) is 0 Å². The van der Waals surface area contributed by atoms with E-state index in [0.717, 1.165) is 22.4 Å². The molecule has 0 aliphatic rings. The van der Waals surface area contributed by atoms with Crippen LogP contribution in [-0.2, 0) is 0 Å². The van der Waals surface area contributed by atoms with Crippen molar-refractivity contribution in [3.63, 3.8) is 0 Å². The molecule has 0 aliphatic heterocycles. The van der Waals surface area contributed by atoms with Gasteiger partial charge in [0.25, 0.3) is 5.56 Å². The number of hydrogen-bond acceptors (Lipinski definition) is 6. The van der Waals surface area contributed by atoms with Crippen molar-refractivity contribution in [2.24, 2.45) is 0 Å². The fourth-order valence-electron chi connectivity index (χ4n) is 3.91. The SMILES string of the molecule is COc1ccc(-c2csc(-c3c(O)n(-c4ccc(C)cc4)c(=S)n(-c4ccc(C)cc4)c3=O)n2)cc1. The van der Waals surface area contributed by atoms with Crippen molar-refractivity contribution in [2.75, 3.05) is 7.11 Å². The Bertz CT molecular complexity index is 1660. The van der Waals surface area contributed by atoms with Crippen LogP contribution in [0.5, 0.6) is 11.6 Å². The minimum atomic E-state index is -0.430. The van der Waals surface area contributed by atoms with Crippen molar-refractivity contribution in [2.45, 2.75) is 13.8 Å². The Kier molecular flexibility index (Phi) is 6.30. The molecular formula is C28H23N3O3S2. The summed E-state index contributed by atoms with van der Waals surface area (Å²) < 4.78 is 8.36. The first-order valence-electron chi connectivity index (χ1n) is 11.2. The highest BCUT2D eigenvalue weighted by atomic mass is 32.1. The summed E-state index contributed by atoms with van der Waals surface area (Å²) in [6, 6.07) is 22.6. The quantitative estimate of drug-likeness (QED) is 0.273. The van der Waals surface area contributed by atoms with Crippen molar-refractivity contribution >= 4 is 23.6 Å². The van der Waals surface area contributed by atoms with E-state index in [0.29, 0.717) is 22.1 Å². The normalized spacial score (nSPS) is 11.0. The lowest BCUT2D eigenvalue weighted by atomic mass is 10.1. The molecular weight excluding hydrogens is 490 g/mol. The zero-order valence-corrected chi connectivity index (χ0v) is 21.6. The summed E-state index contributed by atoms with van der Waals surface area (Å²) >= 11 is 7.04. The van der Waals surface area contributed by atoms with Crippen LogP contribution in [0.15, 0.2) is 83.0 Å². The highest BCUT2D eigenvalue weighted by Gasteiger charge is 2.23. The van der Waals surface area contributed by atoms with E-state index in [1.807, 2.05) is 92.0 Å². The molecule has 6 nitrogen and oxygen atoms in total. The van der Waals surface area contributed by atoms with Crippen LogP contribution < -0.4 is 10.3 Å². The Morgan fingerprint density at radius 3 is 1.97 bits per heavy atom. The van der Waals surface area contributed by atoms with Crippen LogP contribution in [-0.4, -0.2) is 26.3 Å². The van der Waals surface area contributed by atoms with E-state index >= 15 is 0 Å². The Morgan fingerprint density at radius 2 is 1.42 bits per heavy atom. The third-order valence-electron chi connectivity index (χ3n) is 5.92. The van der Waals surface area contributed by atoms with Crippen LogP contribution in [0.25, 0.3) is 33.2 Å². The van der Waals surface area contributed by atoms with Gasteiger partial charge in [0.2, 0.25) is 5.88 Å². The smallest absolute Gasteiger partial charge is 0.273 e. The fourth-order valence-corrected chi connectivity index (χ4v) is 5.15. The van der Waals surface area contributed by atoms with Crippen LogP contribution >= 0.6 is 23.6 Å². The maximum Gasteiger partial charge on any atom is 0.273 e. The third-order valence-corrected chi connectivity index (χ3v) is 7.15. The van der Waals surface area contributed by atoms with E-state index in [4.69, 9.17) is 21.9 Å². The number of benzene rings is 3. The van der Waals surface area contributed by atoms with Crippen molar-refractivity contribution < 1.29 is 9.84 Å². The minimum absolute atomic E-state index is 0.0921. The lowest BCUT2D eigenvalue weighted by Gasteiger charge is -2.17. The predicted molar refractivity (Wildman–Crippen MR) is 146 cm³/mol. The maximum absolute atomic E-state index is 13.8. The van der Waals surface area contributed by atoms with Crippen molar-refractivity contribution in [3.05, 3.63) is 104 Å². The van der Waals surface area contributed by atoms with E-state index in [-0.39, 0.29) is 16.2 Å². The van der Waals surface area contributed by atoms with Crippen LogP contribution in [0.2, 0.25) is 0 Å². The van der Waals surface area contributed by atoms with Crippen LogP contribution in [0.1, 0.15) is 11.1 Å². The minimum Gasteiger partial charge on any atom is -0.497 e. The number of hydrogen-bond donors (Lipinski definition) is 1. The summed E-state index contributed by atoms with van der Waals surface area (Å²) in [7, 11) is 1.62. The molecule has 1 N–H and O–H groups in total. The first kappa shape index (κ1) is 23.7. The standard InChI is InChI=1S/C28H23N3O3S2/c1-17-4-10-20(11-5-17)30-26(32)24(27(33)31(28(30)35)21-12-6-18(2)7-13-21)25-29-23(16-36-25)19-8-14-22(34-3)15-9-19/h4-16,32H,1-3H3. The number of methoxy groups -OCH3 is 1. The van der Waals surface area contributed by atoms with Gasteiger partial charge in [-0.25, -0.2) is 4.98 Å². The molecule has 0 amide bonds. The molecule has 2 aromatic heterocycles. The molecule has 0 atom stereocenters. The van der Waals surface area contributed by atoms with Gasteiger partial charge in [-0.15, -0.1) is 11.3 Å². The van der Waals surface area contributed by atoms with Crippen molar-refractivity contribution in [1.29, 1.82) is 0 Å². The van der Waals surface area contributed by atoms with Crippen LogP contribution in [0, 0.1) is 18.6 Å². The summed E-state index contributed by atoms with van der Waals surface area (Å²) in [5, 5.41) is 13.7. The van der Waals surface area contributed by atoms with Gasteiger partial charge in [-0.2, -0.15) is 0 Å². The molecule has 8 heteroatoms. The Hall–Kier alpha value is -4.01. The zero-order valence-electron chi connectivity index (χ0n) is 19.9. The molecule has 0 saturated heterocycles. The molecule has 36 heavy (non-hydrogen) atoms. The largest absolute Gasteiger partial charge is 0.497 e. The topological polar surface area (TPSA) is 69.3 Å². The van der Waals surface area contributed by atoms with Gasteiger partial charge in [-0.1, -0.05) is 35.4 Å². The van der Waals surface area contributed by atoms with E-state index < -0.39 is 5.56 Å². The molecule has 2 heterocycles. The summed E-state index contributed by atoms with van der Waals surface area (Å²) in [6.45, 7) is 3.96. The van der Waals surface area contributed by atoms with E-state index in [2.05, 4.69) is 0 Å². The first-order chi connectivity index (χ1) is 17.4. The Labute approximate surface area is 217 Å². The second-order valence-corrected chi connectivity index (χ2v) is 9.62. The molecule has 3 aromatic carbocycles. The second kappa shape index (κ2) is 9.56. The van der Waals surface area contributed by atoms with E-state index in [1.165, 1.54) is 20.5 Å². The van der Waals surface area contributed by atoms with Gasteiger partial charge in [0.1, 0.15) is 16.3 Å². The van der Waals surface area contributed by atoms with Crippen LogP contribution in [0.3, 0.4) is 0 Å². The number of nitrogens with zero attached hydrogens (tertiary/aromatic N) is 3. The molecule has 0 bridgehead atoms. The Morgan fingerprint density at radius 1 is 0.861 bits per heavy atom. The lowest BCUT2D eigenvalue weighted by Crippen LogP contribution is -2.25. The van der Waals surface area contributed by atoms with Crippen molar-refractivity contribution in [1.82, 2.24) is 14.1 Å². The summed E-state index contributed by atoms with van der Waals surface area (Å²) in [4.78, 5) is 18.5. The molecule has 0 unspecified atom stereocenters. The average Bonchev–Trinajstić information content (AvgIpc) is 3.36. The number of aromatic nitrogens is 3. The van der Waals surface area contributed by atoms with Crippen molar-refractivity contribution in [3.8, 4) is 44.8 Å². The van der Waals surface area contributed by atoms with Gasteiger partial charge in [0.05, 0.1) is 24.2 Å². The fraction of sp³-hybridized carbons (Fsp3) is 0.107. The molecule has 0 saturated carbocycles. The summed E-state index contributed by atoms with van der Waals surface area (Å²) in [5.41, 5.74) is 4.63. The molecule has 0 aliphatic carbocycles. The number of rotatable bonds is 5. The van der Waals surface area contributed by atoms with Gasteiger partial charge in [0.15, 0.2) is 4.77 Å². The van der Waals surface area contributed by atoms with Gasteiger partial charge in [-0.05, 0) is 74.6 Å². The molecule has 180 valence electrons. The number of aromatic hydroxyl groups is 1. The Balaban J connectivity index is 1.75. The van der Waals surface area contributed by atoms with E-state index in [9.17, 15) is 9.90 Å². The number of thiazole rings is 1. The molecule has 0 spiro atoms. The first-order valence-corrected chi connectivity index (χ1v) is 12.5. The third kappa shape index (κ3) is 4.25. The predicted octanol–water partition coefficient (Wildman–Crippen LogP) is 6.48. The zero-order chi connectivity index (χ0) is 25.4. The monoisotopic (exact) mass is 513 g/mol. The molecule has 5 rings (SSSR count). The van der Waals surface area contributed by atoms with Gasteiger partial charge < -0.3 is 9.84 Å². The highest BCUT2D eigenvalue weighted by Crippen LogP contribution is 2.34. The van der Waals surface area contributed by atoms with Gasteiger partial charge in [-0.3, -0.25) is 13.9 Å². The lowest BCUT2D eigenvalue weighted by molar-refractivity contribution is 0.415. The number of ether oxygens (including phenoxy) is 1. The number of aryl methyl sites for hydroxylation is 2. The summed E-state index contributed by atoms with van der Waals surface area (Å²) in [6.07, 6.45) is 0. The average molecular weight is 514 g/mol. The molecule has 0 radical (unpaired) electrons.